The fourth-order valence-corrected chi connectivity index (χ4v) is 6.40. The zero-order valence-corrected chi connectivity index (χ0v) is 19.5. The van der Waals surface area contributed by atoms with E-state index < -0.39 is 26.8 Å². The minimum absolute atomic E-state index is 0.0349. The summed E-state index contributed by atoms with van der Waals surface area (Å²) in [7, 11) is -4.22. The van der Waals surface area contributed by atoms with Crippen LogP contribution in [0.2, 0.25) is 0 Å². The molecule has 3 aromatic rings. The van der Waals surface area contributed by atoms with E-state index in [2.05, 4.69) is 4.90 Å². The highest BCUT2D eigenvalue weighted by Gasteiger charge is 2.42. The van der Waals surface area contributed by atoms with Gasteiger partial charge in [-0.1, -0.05) is 54.6 Å². The van der Waals surface area contributed by atoms with E-state index in [-0.39, 0.29) is 18.9 Å². The van der Waals surface area contributed by atoms with E-state index in [0.29, 0.717) is 26.2 Å². The van der Waals surface area contributed by atoms with Crippen LogP contribution in [0.25, 0.3) is 0 Å². The predicted octanol–water partition coefficient (Wildman–Crippen LogP) is 3.29. The lowest BCUT2D eigenvalue weighted by molar-refractivity contribution is -0.136. The Bertz CT molecular complexity index is 1290. The van der Waals surface area contributed by atoms with Gasteiger partial charge in [-0.15, -0.1) is 0 Å². The first-order valence-electron chi connectivity index (χ1n) is 11.4. The van der Waals surface area contributed by atoms with Crippen molar-refractivity contribution in [3.05, 3.63) is 95.8 Å². The lowest BCUT2D eigenvalue weighted by atomic mass is 9.95. The van der Waals surface area contributed by atoms with Crippen LogP contribution in [-0.2, 0) is 27.8 Å². The quantitative estimate of drug-likeness (QED) is 0.576. The van der Waals surface area contributed by atoms with Crippen molar-refractivity contribution in [3.8, 4) is 0 Å². The van der Waals surface area contributed by atoms with Crippen molar-refractivity contribution in [1.82, 2.24) is 9.21 Å². The first kappa shape index (κ1) is 22.6. The third-order valence-electron chi connectivity index (χ3n) is 6.63. The molecular weight excluding hydrogens is 453 g/mol. The second-order valence-corrected chi connectivity index (χ2v) is 10.5. The van der Waals surface area contributed by atoms with Gasteiger partial charge in [-0.25, -0.2) is 12.8 Å². The summed E-state index contributed by atoms with van der Waals surface area (Å²) in [6.45, 7) is 2.37. The summed E-state index contributed by atoms with van der Waals surface area (Å²) in [5, 5.41) is 0. The maximum Gasteiger partial charge on any atom is 0.247 e. The van der Waals surface area contributed by atoms with Crippen LogP contribution in [0.15, 0.2) is 83.8 Å². The Morgan fingerprint density at radius 1 is 0.794 bits per heavy atom. The number of hydrogen-bond acceptors (Lipinski definition) is 4. The lowest BCUT2D eigenvalue weighted by Crippen LogP contribution is -2.57. The van der Waals surface area contributed by atoms with E-state index in [1.54, 1.807) is 4.90 Å². The monoisotopic (exact) mass is 479 g/mol. The molecule has 0 unspecified atom stereocenters. The molecule has 0 saturated carbocycles. The molecule has 3 aromatic carbocycles. The summed E-state index contributed by atoms with van der Waals surface area (Å²) < 4.78 is 42.8. The number of benzene rings is 3. The van der Waals surface area contributed by atoms with Gasteiger partial charge in [-0.05, 0) is 41.8 Å². The maximum atomic E-state index is 14.5. The van der Waals surface area contributed by atoms with Crippen molar-refractivity contribution in [2.24, 2.45) is 0 Å². The van der Waals surface area contributed by atoms with E-state index >= 15 is 0 Å². The lowest BCUT2D eigenvalue weighted by Gasteiger charge is -2.41. The van der Waals surface area contributed by atoms with E-state index in [0.717, 1.165) is 22.9 Å². The van der Waals surface area contributed by atoms with Gasteiger partial charge in [0, 0.05) is 38.4 Å². The first-order valence-corrected chi connectivity index (χ1v) is 12.8. The summed E-state index contributed by atoms with van der Waals surface area (Å²) in [6, 6.07) is 22.0. The minimum Gasteiger partial charge on any atom is -0.368 e. The standard InChI is InChI=1S/C26H26FN3O3S/c27-23-12-6-7-13-25(23)34(32,33)30-19-21-9-5-4-8-20(21)18-24(30)26(31)29-16-14-28(15-17-29)22-10-2-1-3-11-22/h1-13,24H,14-19H2/t24-/m1/s1. The number of piperazine rings is 1. The van der Waals surface area contributed by atoms with Crippen molar-refractivity contribution in [2.75, 3.05) is 31.1 Å². The van der Waals surface area contributed by atoms with Crippen LogP contribution in [0.3, 0.4) is 0 Å². The molecular formula is C26H26FN3O3S. The molecule has 1 amide bonds. The number of nitrogens with zero attached hydrogens (tertiary/aromatic N) is 3. The zero-order valence-electron chi connectivity index (χ0n) is 18.7. The molecule has 0 spiro atoms. The zero-order chi connectivity index (χ0) is 23.7. The Labute approximate surface area is 199 Å². The third-order valence-corrected chi connectivity index (χ3v) is 8.51. The topological polar surface area (TPSA) is 60.9 Å². The number of sulfonamides is 1. The Morgan fingerprint density at radius 2 is 1.41 bits per heavy atom. The van der Waals surface area contributed by atoms with Crippen molar-refractivity contribution in [2.45, 2.75) is 23.9 Å². The highest BCUT2D eigenvalue weighted by molar-refractivity contribution is 7.89. The van der Waals surface area contributed by atoms with Crippen molar-refractivity contribution in [3.63, 3.8) is 0 Å². The Hall–Kier alpha value is -3.23. The van der Waals surface area contributed by atoms with E-state index in [4.69, 9.17) is 0 Å². The molecule has 0 N–H and O–H groups in total. The van der Waals surface area contributed by atoms with Crippen molar-refractivity contribution >= 4 is 21.6 Å². The Morgan fingerprint density at radius 3 is 2.12 bits per heavy atom. The molecule has 6 nitrogen and oxygen atoms in total. The average Bonchev–Trinajstić information content (AvgIpc) is 2.88. The molecule has 0 radical (unpaired) electrons. The molecule has 5 rings (SSSR count). The molecule has 34 heavy (non-hydrogen) atoms. The number of hydrogen-bond donors (Lipinski definition) is 0. The minimum atomic E-state index is -4.22. The molecule has 8 heteroatoms. The molecule has 1 atom stereocenters. The highest BCUT2D eigenvalue weighted by atomic mass is 32.2. The highest BCUT2D eigenvalue weighted by Crippen LogP contribution is 2.31. The van der Waals surface area contributed by atoms with Gasteiger partial charge in [-0.2, -0.15) is 4.31 Å². The summed E-state index contributed by atoms with van der Waals surface area (Å²) in [5.74, 6) is -1.05. The molecule has 0 bridgehead atoms. The summed E-state index contributed by atoms with van der Waals surface area (Å²) in [6.07, 6.45) is 0.265. The molecule has 176 valence electrons. The average molecular weight is 480 g/mol. The fraction of sp³-hybridized carbons (Fsp3) is 0.269. The normalized spacial score (nSPS) is 19.0. The number of fused-ring (bicyclic) bond motifs is 1. The molecule has 2 heterocycles. The van der Waals surface area contributed by atoms with E-state index in [9.17, 15) is 17.6 Å². The molecule has 0 aromatic heterocycles. The number of rotatable bonds is 4. The predicted molar refractivity (Wildman–Crippen MR) is 128 cm³/mol. The summed E-state index contributed by atoms with van der Waals surface area (Å²) in [5.41, 5.74) is 2.88. The van der Waals surface area contributed by atoms with E-state index in [1.807, 2.05) is 54.6 Å². The van der Waals surface area contributed by atoms with Gasteiger partial charge < -0.3 is 9.80 Å². The Kier molecular flexibility index (Phi) is 6.10. The summed E-state index contributed by atoms with van der Waals surface area (Å²) >= 11 is 0. The second kappa shape index (κ2) is 9.19. The fourth-order valence-electron chi connectivity index (χ4n) is 4.78. The van der Waals surface area contributed by atoms with Gasteiger partial charge in [0.2, 0.25) is 15.9 Å². The summed E-state index contributed by atoms with van der Waals surface area (Å²) in [4.78, 5) is 17.2. The third kappa shape index (κ3) is 4.19. The largest absolute Gasteiger partial charge is 0.368 e. The maximum absolute atomic E-state index is 14.5. The van der Waals surface area contributed by atoms with Crippen LogP contribution in [0.5, 0.6) is 0 Å². The molecule has 2 aliphatic heterocycles. The van der Waals surface area contributed by atoms with Gasteiger partial charge in [0.1, 0.15) is 16.8 Å². The van der Waals surface area contributed by atoms with Crippen LogP contribution in [-0.4, -0.2) is 55.8 Å². The van der Waals surface area contributed by atoms with Crippen LogP contribution >= 0.6 is 0 Å². The number of para-hydroxylation sites is 1. The molecule has 1 fully saturated rings. The van der Waals surface area contributed by atoms with Crippen molar-refractivity contribution < 1.29 is 17.6 Å². The van der Waals surface area contributed by atoms with Gasteiger partial charge >= 0.3 is 0 Å². The Balaban J connectivity index is 1.42. The van der Waals surface area contributed by atoms with Gasteiger partial charge in [0.05, 0.1) is 0 Å². The number of halogens is 1. The SMILES string of the molecule is O=C([C@H]1Cc2ccccc2CN1S(=O)(=O)c1ccccc1F)N1CCN(c2ccccc2)CC1. The number of carbonyl (C=O) groups is 1. The smallest absolute Gasteiger partial charge is 0.247 e. The number of carbonyl (C=O) groups excluding carboxylic acids is 1. The second-order valence-electron chi connectivity index (χ2n) is 8.62. The number of amides is 1. The van der Waals surface area contributed by atoms with Gasteiger partial charge in [0.25, 0.3) is 0 Å². The molecule has 2 aliphatic rings. The van der Waals surface area contributed by atoms with Crippen LogP contribution in [0.4, 0.5) is 10.1 Å². The van der Waals surface area contributed by atoms with Gasteiger partial charge in [-0.3, -0.25) is 4.79 Å². The number of anilines is 1. The van der Waals surface area contributed by atoms with Crippen LogP contribution < -0.4 is 4.90 Å². The van der Waals surface area contributed by atoms with Crippen LogP contribution in [0, 0.1) is 5.82 Å². The van der Waals surface area contributed by atoms with E-state index in [1.165, 1.54) is 22.5 Å². The van der Waals surface area contributed by atoms with Crippen molar-refractivity contribution in [1.29, 1.82) is 0 Å². The molecule has 1 saturated heterocycles. The molecule has 0 aliphatic carbocycles. The van der Waals surface area contributed by atoms with Crippen LogP contribution in [0.1, 0.15) is 11.1 Å². The first-order chi connectivity index (χ1) is 16.4. The van der Waals surface area contributed by atoms with Gasteiger partial charge in [0.15, 0.2) is 0 Å².